The van der Waals surface area contributed by atoms with Gasteiger partial charge in [-0.05, 0) is 18.4 Å². The van der Waals surface area contributed by atoms with Crippen molar-refractivity contribution in [3.63, 3.8) is 0 Å². The van der Waals surface area contributed by atoms with Gasteiger partial charge in [-0.2, -0.15) is 0 Å². The van der Waals surface area contributed by atoms with Crippen molar-refractivity contribution in [1.29, 1.82) is 0 Å². The van der Waals surface area contributed by atoms with Gasteiger partial charge < -0.3 is 10.3 Å². The van der Waals surface area contributed by atoms with E-state index in [1.54, 1.807) is 11.3 Å². The van der Waals surface area contributed by atoms with E-state index in [2.05, 4.69) is 5.16 Å². The topological polar surface area (TPSA) is 52.0 Å². The van der Waals surface area contributed by atoms with E-state index in [0.29, 0.717) is 6.54 Å². The summed E-state index contributed by atoms with van der Waals surface area (Å²) < 4.78 is 5.21. The molecule has 0 radical (unpaired) electrons. The fourth-order valence-corrected chi connectivity index (χ4v) is 1.96. The molecule has 2 heterocycles. The summed E-state index contributed by atoms with van der Waals surface area (Å²) in [7, 11) is 0. The highest BCUT2D eigenvalue weighted by molar-refractivity contribution is 7.13. The molecule has 0 aliphatic rings. The van der Waals surface area contributed by atoms with E-state index in [1.807, 2.05) is 24.4 Å². The van der Waals surface area contributed by atoms with Gasteiger partial charge >= 0.3 is 0 Å². The van der Waals surface area contributed by atoms with E-state index >= 15 is 0 Å². The first-order valence-corrected chi connectivity index (χ1v) is 4.90. The monoisotopic (exact) mass is 194 g/mol. The minimum Gasteiger partial charge on any atom is -0.355 e. The third-order valence-corrected chi connectivity index (χ3v) is 2.80. The third kappa shape index (κ3) is 1.38. The molecule has 0 atom stereocenters. The van der Waals surface area contributed by atoms with Crippen LogP contribution in [-0.4, -0.2) is 5.16 Å². The lowest BCUT2D eigenvalue weighted by molar-refractivity contribution is 0.427. The summed E-state index contributed by atoms with van der Waals surface area (Å²) in [5, 5.41) is 5.90. The van der Waals surface area contributed by atoms with Gasteiger partial charge in [-0.15, -0.1) is 11.3 Å². The average molecular weight is 194 g/mol. The SMILES string of the molecule is Cc1noc(-c2cccs2)c1CN. The molecule has 0 fully saturated rings. The maximum atomic E-state index is 5.61. The molecule has 0 spiro atoms. The van der Waals surface area contributed by atoms with Gasteiger partial charge in [0.15, 0.2) is 5.76 Å². The lowest BCUT2D eigenvalue weighted by Gasteiger charge is -1.94. The Morgan fingerprint density at radius 3 is 3.08 bits per heavy atom. The van der Waals surface area contributed by atoms with Crippen LogP contribution < -0.4 is 5.73 Å². The number of nitrogens with two attached hydrogens (primary N) is 1. The van der Waals surface area contributed by atoms with E-state index in [-0.39, 0.29) is 0 Å². The molecule has 2 rings (SSSR count). The molecule has 2 aromatic heterocycles. The van der Waals surface area contributed by atoms with E-state index in [4.69, 9.17) is 10.3 Å². The van der Waals surface area contributed by atoms with E-state index < -0.39 is 0 Å². The molecule has 0 aromatic carbocycles. The number of rotatable bonds is 2. The average Bonchev–Trinajstić information content (AvgIpc) is 2.71. The van der Waals surface area contributed by atoms with Gasteiger partial charge in [0, 0.05) is 12.1 Å². The summed E-state index contributed by atoms with van der Waals surface area (Å²) >= 11 is 1.63. The first-order chi connectivity index (χ1) is 6.33. The molecule has 0 bridgehead atoms. The van der Waals surface area contributed by atoms with Crippen molar-refractivity contribution in [3.8, 4) is 10.6 Å². The highest BCUT2D eigenvalue weighted by Gasteiger charge is 2.13. The number of hydrogen-bond acceptors (Lipinski definition) is 4. The number of hydrogen-bond donors (Lipinski definition) is 1. The Kier molecular flexibility index (Phi) is 2.16. The van der Waals surface area contributed by atoms with Crippen molar-refractivity contribution < 1.29 is 4.52 Å². The second-order valence-corrected chi connectivity index (χ2v) is 3.70. The van der Waals surface area contributed by atoms with Gasteiger partial charge in [-0.3, -0.25) is 0 Å². The summed E-state index contributed by atoms with van der Waals surface area (Å²) in [5.74, 6) is 0.815. The predicted molar refractivity (Wildman–Crippen MR) is 52.4 cm³/mol. The van der Waals surface area contributed by atoms with Crippen molar-refractivity contribution in [2.75, 3.05) is 0 Å². The summed E-state index contributed by atoms with van der Waals surface area (Å²) in [6, 6.07) is 3.99. The molecular formula is C9H10N2OS. The van der Waals surface area contributed by atoms with Crippen LogP contribution >= 0.6 is 11.3 Å². The molecule has 0 aliphatic carbocycles. The van der Waals surface area contributed by atoms with Crippen LogP contribution in [0.25, 0.3) is 10.6 Å². The lowest BCUT2D eigenvalue weighted by atomic mass is 10.2. The summed E-state index contributed by atoms with van der Waals surface area (Å²) in [6.45, 7) is 2.38. The van der Waals surface area contributed by atoms with Crippen LogP contribution in [0.3, 0.4) is 0 Å². The van der Waals surface area contributed by atoms with Crippen LogP contribution in [0.2, 0.25) is 0 Å². The zero-order valence-corrected chi connectivity index (χ0v) is 8.10. The Balaban J connectivity index is 2.52. The van der Waals surface area contributed by atoms with Gasteiger partial charge in [-0.1, -0.05) is 11.2 Å². The molecule has 0 unspecified atom stereocenters. The maximum absolute atomic E-state index is 5.61. The van der Waals surface area contributed by atoms with Gasteiger partial charge in [0.2, 0.25) is 0 Å². The normalized spacial score (nSPS) is 10.6. The molecule has 0 aliphatic heterocycles. The standard InChI is InChI=1S/C9H10N2OS/c1-6-7(5-10)9(12-11-6)8-3-2-4-13-8/h2-4H,5,10H2,1H3. The molecule has 0 amide bonds. The second-order valence-electron chi connectivity index (χ2n) is 2.76. The quantitative estimate of drug-likeness (QED) is 0.797. The van der Waals surface area contributed by atoms with Crippen molar-refractivity contribution in [1.82, 2.24) is 5.16 Å². The highest BCUT2D eigenvalue weighted by atomic mass is 32.1. The van der Waals surface area contributed by atoms with E-state index in [0.717, 1.165) is 21.9 Å². The van der Waals surface area contributed by atoms with Crippen LogP contribution in [0.1, 0.15) is 11.3 Å². The summed E-state index contributed by atoms with van der Waals surface area (Å²) in [5.41, 5.74) is 7.49. The first-order valence-electron chi connectivity index (χ1n) is 4.02. The number of aromatic nitrogens is 1. The lowest BCUT2D eigenvalue weighted by Crippen LogP contribution is -1.97. The Morgan fingerprint density at radius 1 is 1.62 bits per heavy atom. The van der Waals surface area contributed by atoms with Crippen molar-refractivity contribution in [2.24, 2.45) is 5.73 Å². The minimum absolute atomic E-state index is 0.475. The van der Waals surface area contributed by atoms with Crippen molar-refractivity contribution in [2.45, 2.75) is 13.5 Å². The van der Waals surface area contributed by atoms with Gasteiger partial charge in [0.25, 0.3) is 0 Å². The number of aryl methyl sites for hydroxylation is 1. The Bertz CT molecular complexity index is 392. The molecule has 4 heteroatoms. The highest BCUT2D eigenvalue weighted by Crippen LogP contribution is 2.29. The molecule has 0 saturated heterocycles. The maximum Gasteiger partial charge on any atom is 0.181 e. The smallest absolute Gasteiger partial charge is 0.181 e. The van der Waals surface area contributed by atoms with Crippen LogP contribution in [0.4, 0.5) is 0 Å². The largest absolute Gasteiger partial charge is 0.355 e. The van der Waals surface area contributed by atoms with Gasteiger partial charge in [0.1, 0.15) is 0 Å². The Labute approximate surface area is 80.2 Å². The van der Waals surface area contributed by atoms with Crippen LogP contribution in [0.5, 0.6) is 0 Å². The van der Waals surface area contributed by atoms with E-state index in [9.17, 15) is 0 Å². The molecule has 13 heavy (non-hydrogen) atoms. The van der Waals surface area contributed by atoms with E-state index in [1.165, 1.54) is 0 Å². The van der Waals surface area contributed by atoms with Crippen LogP contribution in [0, 0.1) is 6.92 Å². The second kappa shape index (κ2) is 3.32. The molecular weight excluding hydrogens is 184 g/mol. The Hall–Kier alpha value is -1.13. The number of thiophene rings is 1. The Morgan fingerprint density at radius 2 is 2.46 bits per heavy atom. The number of nitrogens with zero attached hydrogens (tertiary/aromatic N) is 1. The van der Waals surface area contributed by atoms with Gasteiger partial charge in [0.05, 0.1) is 10.6 Å². The molecule has 3 nitrogen and oxygen atoms in total. The summed E-state index contributed by atoms with van der Waals surface area (Å²) in [4.78, 5) is 1.08. The summed E-state index contributed by atoms with van der Waals surface area (Å²) in [6.07, 6.45) is 0. The van der Waals surface area contributed by atoms with Crippen LogP contribution in [-0.2, 0) is 6.54 Å². The zero-order chi connectivity index (χ0) is 9.26. The fourth-order valence-electron chi connectivity index (χ4n) is 1.23. The van der Waals surface area contributed by atoms with Crippen molar-refractivity contribution in [3.05, 3.63) is 28.8 Å². The molecule has 0 saturated carbocycles. The van der Waals surface area contributed by atoms with Crippen LogP contribution in [0.15, 0.2) is 22.0 Å². The zero-order valence-electron chi connectivity index (χ0n) is 7.28. The molecule has 68 valence electrons. The minimum atomic E-state index is 0.475. The third-order valence-electron chi connectivity index (χ3n) is 1.93. The first kappa shape index (κ1) is 8.47. The fraction of sp³-hybridized carbons (Fsp3) is 0.222. The van der Waals surface area contributed by atoms with Crippen molar-refractivity contribution >= 4 is 11.3 Å². The predicted octanol–water partition coefficient (Wildman–Crippen LogP) is 2.17. The van der Waals surface area contributed by atoms with Gasteiger partial charge in [-0.25, -0.2) is 0 Å². The molecule has 2 aromatic rings. The molecule has 2 N–H and O–H groups in total.